The van der Waals surface area contributed by atoms with Gasteiger partial charge in [-0.3, -0.25) is 20.1 Å². The van der Waals surface area contributed by atoms with Crippen molar-refractivity contribution < 1.29 is 9.21 Å². The minimum atomic E-state index is 0.206. The Balaban J connectivity index is 1.41. The molecule has 2 aromatic heterocycles. The number of nitrogens with zero attached hydrogens (tertiary/aromatic N) is 4. The molecule has 1 amide bonds. The van der Waals surface area contributed by atoms with Crippen molar-refractivity contribution in [3.05, 3.63) is 48.7 Å². The van der Waals surface area contributed by atoms with E-state index in [1.165, 1.54) is 12.8 Å². The maximum absolute atomic E-state index is 12.9. The SMILES string of the molecule is N#CNC(=NCCCCCC(=O)N(Cc1ccco1)C1CCCC1)Nc1ccncc1. The van der Waals surface area contributed by atoms with E-state index in [0.29, 0.717) is 31.5 Å². The van der Waals surface area contributed by atoms with Crippen molar-refractivity contribution in [1.29, 1.82) is 5.26 Å². The van der Waals surface area contributed by atoms with Crippen LogP contribution in [0.1, 0.15) is 57.1 Å². The highest BCUT2D eigenvalue weighted by Gasteiger charge is 2.26. The number of aliphatic imine (C=N–C) groups is 1. The van der Waals surface area contributed by atoms with Crippen molar-refractivity contribution in [1.82, 2.24) is 15.2 Å². The molecule has 0 saturated heterocycles. The number of unbranched alkanes of at least 4 members (excludes halogenated alkanes) is 2. The molecule has 2 N–H and O–H groups in total. The van der Waals surface area contributed by atoms with Crippen molar-refractivity contribution in [2.45, 2.75) is 64.0 Å². The van der Waals surface area contributed by atoms with Crippen molar-refractivity contribution in [3.8, 4) is 6.19 Å². The second kappa shape index (κ2) is 12.4. The highest BCUT2D eigenvalue weighted by molar-refractivity contribution is 5.94. The molecular weight excluding hydrogens is 392 g/mol. The van der Waals surface area contributed by atoms with Crippen LogP contribution in [0, 0.1) is 11.5 Å². The Morgan fingerprint density at radius 2 is 2.03 bits per heavy atom. The molecule has 8 heteroatoms. The van der Waals surface area contributed by atoms with Crippen molar-refractivity contribution in [2.75, 3.05) is 11.9 Å². The highest BCUT2D eigenvalue weighted by Crippen LogP contribution is 2.26. The molecule has 1 aliphatic rings. The number of rotatable bonds is 10. The zero-order chi connectivity index (χ0) is 21.7. The molecule has 0 bridgehead atoms. The fraction of sp³-hybridized carbons (Fsp3) is 0.478. The standard InChI is InChI=1S/C23H30N6O2/c24-18-27-23(28-19-11-14-25-15-12-19)26-13-5-1-2-10-22(30)29(20-7-3-4-8-20)17-21-9-6-16-31-21/h6,9,11-12,14-16,20H,1-5,7-8,10,13,17H2,(H2,25,26,27,28). The van der Waals surface area contributed by atoms with Crippen LogP contribution in [0.3, 0.4) is 0 Å². The van der Waals surface area contributed by atoms with Gasteiger partial charge in [0.05, 0.1) is 12.8 Å². The van der Waals surface area contributed by atoms with Crippen molar-refractivity contribution in [2.24, 2.45) is 4.99 Å². The third-order valence-corrected chi connectivity index (χ3v) is 5.43. The van der Waals surface area contributed by atoms with Crippen LogP contribution in [0.2, 0.25) is 0 Å². The first kappa shape index (κ1) is 22.3. The van der Waals surface area contributed by atoms with E-state index in [4.69, 9.17) is 9.68 Å². The van der Waals surface area contributed by atoms with E-state index in [9.17, 15) is 4.79 Å². The van der Waals surface area contributed by atoms with E-state index in [1.807, 2.05) is 23.2 Å². The van der Waals surface area contributed by atoms with Gasteiger partial charge in [-0.25, -0.2) is 0 Å². The van der Waals surface area contributed by atoms with Crippen LogP contribution < -0.4 is 10.6 Å². The number of carbonyl (C=O) groups excluding carboxylic acids is 1. The molecule has 0 aromatic carbocycles. The second-order valence-electron chi connectivity index (χ2n) is 7.68. The zero-order valence-electron chi connectivity index (χ0n) is 17.8. The number of nitrogens with one attached hydrogen (secondary N) is 2. The van der Waals surface area contributed by atoms with Gasteiger partial charge in [-0.15, -0.1) is 0 Å². The molecule has 164 valence electrons. The van der Waals surface area contributed by atoms with Crippen LogP contribution in [0.4, 0.5) is 5.69 Å². The van der Waals surface area contributed by atoms with E-state index >= 15 is 0 Å². The molecule has 2 heterocycles. The number of guanidine groups is 1. The summed E-state index contributed by atoms with van der Waals surface area (Å²) in [4.78, 5) is 23.3. The normalized spacial score (nSPS) is 14.2. The molecule has 0 unspecified atom stereocenters. The number of furan rings is 1. The fourth-order valence-corrected chi connectivity index (χ4v) is 3.84. The lowest BCUT2D eigenvalue weighted by atomic mass is 10.1. The van der Waals surface area contributed by atoms with Gasteiger partial charge in [0.25, 0.3) is 0 Å². The number of pyridine rings is 1. The topological polar surface area (TPSA) is 107 Å². The number of anilines is 1. The van der Waals surface area contributed by atoms with Crippen molar-refractivity contribution in [3.63, 3.8) is 0 Å². The first-order chi connectivity index (χ1) is 15.3. The summed E-state index contributed by atoms with van der Waals surface area (Å²) in [5.41, 5.74) is 0.811. The Labute approximate surface area is 183 Å². The molecule has 1 fully saturated rings. The summed E-state index contributed by atoms with van der Waals surface area (Å²) in [6.45, 7) is 1.14. The van der Waals surface area contributed by atoms with Gasteiger partial charge in [-0.1, -0.05) is 19.3 Å². The molecule has 1 saturated carbocycles. The minimum absolute atomic E-state index is 0.206. The maximum Gasteiger partial charge on any atom is 0.223 e. The predicted octanol–water partition coefficient (Wildman–Crippen LogP) is 4.04. The summed E-state index contributed by atoms with van der Waals surface area (Å²) in [5.74, 6) is 1.46. The Bertz CT molecular complexity index is 854. The Kier molecular flexibility index (Phi) is 8.92. The first-order valence-electron chi connectivity index (χ1n) is 10.9. The van der Waals surface area contributed by atoms with E-state index in [-0.39, 0.29) is 5.91 Å². The van der Waals surface area contributed by atoms with E-state index in [0.717, 1.165) is 43.6 Å². The number of hydrogen-bond donors (Lipinski definition) is 2. The van der Waals surface area contributed by atoms with Crippen LogP contribution in [-0.2, 0) is 11.3 Å². The first-order valence-corrected chi connectivity index (χ1v) is 10.9. The van der Waals surface area contributed by atoms with Gasteiger partial charge < -0.3 is 14.6 Å². The van der Waals surface area contributed by atoms with Gasteiger partial charge in [0, 0.05) is 37.1 Å². The van der Waals surface area contributed by atoms with Gasteiger partial charge in [0.15, 0.2) is 6.19 Å². The Morgan fingerprint density at radius 1 is 1.23 bits per heavy atom. The van der Waals surface area contributed by atoms with Crippen LogP contribution in [-0.4, -0.2) is 34.3 Å². The number of nitriles is 1. The maximum atomic E-state index is 12.9. The monoisotopic (exact) mass is 422 g/mol. The summed E-state index contributed by atoms with van der Waals surface area (Å²) >= 11 is 0. The average Bonchev–Trinajstić information content (AvgIpc) is 3.49. The summed E-state index contributed by atoms with van der Waals surface area (Å²) < 4.78 is 5.47. The summed E-state index contributed by atoms with van der Waals surface area (Å²) in [5, 5.41) is 14.5. The molecule has 31 heavy (non-hydrogen) atoms. The van der Waals surface area contributed by atoms with Crippen LogP contribution in [0.15, 0.2) is 52.3 Å². The molecule has 8 nitrogen and oxygen atoms in total. The quantitative estimate of drug-likeness (QED) is 0.197. The van der Waals surface area contributed by atoms with Crippen LogP contribution >= 0.6 is 0 Å². The number of hydrogen-bond acceptors (Lipinski definition) is 5. The molecule has 3 rings (SSSR count). The van der Waals surface area contributed by atoms with Gasteiger partial charge in [0.1, 0.15) is 5.76 Å². The van der Waals surface area contributed by atoms with Crippen LogP contribution in [0.5, 0.6) is 0 Å². The Hall–Kier alpha value is -3.34. The summed E-state index contributed by atoms with van der Waals surface area (Å²) in [6.07, 6.45) is 14.6. The van der Waals surface area contributed by atoms with E-state index in [2.05, 4.69) is 20.6 Å². The molecular formula is C23H30N6O2. The average molecular weight is 423 g/mol. The smallest absolute Gasteiger partial charge is 0.223 e. The van der Waals surface area contributed by atoms with Gasteiger partial charge in [-0.05, 0) is 49.9 Å². The number of aromatic nitrogens is 1. The highest BCUT2D eigenvalue weighted by atomic mass is 16.3. The largest absolute Gasteiger partial charge is 0.467 e. The molecule has 0 atom stereocenters. The van der Waals surface area contributed by atoms with Gasteiger partial charge in [-0.2, -0.15) is 5.26 Å². The molecule has 0 aliphatic heterocycles. The lowest BCUT2D eigenvalue weighted by Gasteiger charge is -2.28. The molecule has 2 aromatic rings. The van der Waals surface area contributed by atoms with Gasteiger partial charge in [0.2, 0.25) is 11.9 Å². The number of amides is 1. The molecule has 0 spiro atoms. The van der Waals surface area contributed by atoms with E-state index < -0.39 is 0 Å². The molecule has 0 radical (unpaired) electrons. The Morgan fingerprint density at radius 3 is 2.74 bits per heavy atom. The minimum Gasteiger partial charge on any atom is -0.467 e. The fourth-order valence-electron chi connectivity index (χ4n) is 3.84. The summed E-state index contributed by atoms with van der Waals surface area (Å²) in [7, 11) is 0. The second-order valence-corrected chi connectivity index (χ2v) is 7.68. The van der Waals surface area contributed by atoms with Crippen LogP contribution in [0.25, 0.3) is 0 Å². The predicted molar refractivity (Wildman–Crippen MR) is 119 cm³/mol. The summed E-state index contributed by atoms with van der Waals surface area (Å²) in [6, 6.07) is 7.74. The van der Waals surface area contributed by atoms with Crippen molar-refractivity contribution >= 4 is 17.6 Å². The number of carbonyl (C=O) groups is 1. The zero-order valence-corrected chi connectivity index (χ0v) is 17.8. The lowest BCUT2D eigenvalue weighted by molar-refractivity contribution is -0.134. The van der Waals surface area contributed by atoms with Gasteiger partial charge >= 0.3 is 0 Å². The van der Waals surface area contributed by atoms with E-state index in [1.54, 1.807) is 30.8 Å². The molecule has 1 aliphatic carbocycles. The third kappa shape index (κ3) is 7.45. The third-order valence-electron chi connectivity index (χ3n) is 5.43. The lowest BCUT2D eigenvalue weighted by Crippen LogP contribution is -2.38.